The van der Waals surface area contributed by atoms with Crippen LogP contribution in [0.5, 0.6) is 17.2 Å². The minimum Gasteiger partial charge on any atom is -0.492 e. The second-order valence-electron chi connectivity index (χ2n) is 17.7. The summed E-state index contributed by atoms with van der Waals surface area (Å²) in [6.07, 6.45) is 5.54. The fraction of sp³-hybridized carbons (Fsp3) is 0.431. The summed E-state index contributed by atoms with van der Waals surface area (Å²) in [7, 11) is 1.37. The molecule has 1 unspecified atom stereocenters. The van der Waals surface area contributed by atoms with Crippen LogP contribution in [0.2, 0.25) is 0 Å². The van der Waals surface area contributed by atoms with Gasteiger partial charge in [-0.25, -0.2) is 14.8 Å². The van der Waals surface area contributed by atoms with Crippen molar-refractivity contribution in [2.45, 2.75) is 96.0 Å². The summed E-state index contributed by atoms with van der Waals surface area (Å²) >= 11 is 0. The molecule has 1 saturated carbocycles. The maximum atomic E-state index is 15.0. The van der Waals surface area contributed by atoms with Crippen LogP contribution >= 0.6 is 0 Å². The number of nitrogens with two attached hydrogens (primary N) is 3. The van der Waals surface area contributed by atoms with Crippen molar-refractivity contribution in [1.82, 2.24) is 41.5 Å². The van der Waals surface area contributed by atoms with Crippen molar-refractivity contribution in [2.75, 3.05) is 46.4 Å². The summed E-state index contributed by atoms with van der Waals surface area (Å²) in [6, 6.07) is 13.1. The summed E-state index contributed by atoms with van der Waals surface area (Å²) in [5.41, 5.74) is 20.3. The highest BCUT2D eigenvalue weighted by Gasteiger charge is 2.37. The molecular formula is C51H64N12O9. The number of nitriles is 1. The molecular weight excluding hydrogens is 925 g/mol. The van der Waals surface area contributed by atoms with Crippen molar-refractivity contribution < 1.29 is 43.0 Å². The van der Waals surface area contributed by atoms with Gasteiger partial charge >= 0.3 is 6.03 Å². The van der Waals surface area contributed by atoms with Gasteiger partial charge < -0.3 is 62.9 Å². The Kier molecular flexibility index (Phi) is 18.8. The van der Waals surface area contributed by atoms with E-state index in [1.165, 1.54) is 20.4 Å². The fourth-order valence-corrected chi connectivity index (χ4v) is 8.77. The number of carbonyl (C=O) groups excluding carboxylic acids is 6. The first-order valence-electron chi connectivity index (χ1n) is 24.0. The lowest BCUT2D eigenvalue weighted by molar-refractivity contribution is -0.141. The Labute approximate surface area is 418 Å². The van der Waals surface area contributed by atoms with E-state index in [9.17, 15) is 34.0 Å². The van der Waals surface area contributed by atoms with Gasteiger partial charge in [-0.3, -0.25) is 24.0 Å². The Bertz CT molecular complexity index is 2630. The average Bonchev–Trinajstić information content (AvgIpc) is 3.36. The molecule has 1 aliphatic heterocycles. The fourth-order valence-electron chi connectivity index (χ4n) is 8.77. The Balaban J connectivity index is 1.37. The number of amides is 7. The van der Waals surface area contributed by atoms with Gasteiger partial charge in [0.05, 0.1) is 29.1 Å². The molecule has 4 bridgehead atoms. The zero-order valence-corrected chi connectivity index (χ0v) is 41.0. The van der Waals surface area contributed by atoms with Crippen LogP contribution in [0.1, 0.15) is 84.4 Å². The standard InChI is InChI=1S/C51H64N12O9/c1-29-43(30(2)59-45(58-29)33-11-14-36(15-12-33)72-35-8-6-5-7-9-35)48(66)61-39(18-22-57-51(55)69)50(68)63(4)44-34-13-17-42(71-25-21-54)38(28-34)37-26-32(10-16-41(37)70-24-20-53)27-40(47(65)56-23-19-52)62-46(64)31(3)60-49(44)67/h10-17,26,28,31,35,39-40,44H,5-9,18,20-25,27,53-54H2,1-4H3,(H,56,65)(H,60,67)(H,61,66)(H,62,64)(H3,55,57,69)/t31-,39?,40-,44-/m0/s1. The number of ether oxygens (including phenoxy) is 3. The van der Waals surface area contributed by atoms with Gasteiger partial charge in [0.15, 0.2) is 5.82 Å². The Morgan fingerprint density at radius 2 is 1.50 bits per heavy atom. The monoisotopic (exact) mass is 988 g/mol. The van der Waals surface area contributed by atoms with E-state index in [1.54, 1.807) is 50.2 Å². The number of likely N-dealkylation sites (N-methyl/N-ethyl adjacent to an activating group) is 1. The third-order valence-electron chi connectivity index (χ3n) is 12.4. The molecule has 3 aromatic carbocycles. The van der Waals surface area contributed by atoms with E-state index in [-0.39, 0.29) is 69.5 Å². The number of hydrogen-bond donors (Lipinski definition) is 8. The third-order valence-corrected chi connectivity index (χ3v) is 12.4. The van der Waals surface area contributed by atoms with Gasteiger partial charge in [0, 0.05) is 49.8 Å². The lowest BCUT2D eigenvalue weighted by Crippen LogP contribution is -2.56. The van der Waals surface area contributed by atoms with Crippen LogP contribution in [0.25, 0.3) is 22.5 Å². The number of primary amides is 1. The normalized spacial score (nSPS) is 17.4. The molecule has 0 radical (unpaired) electrons. The molecule has 1 aliphatic carbocycles. The Hall–Kier alpha value is -7.83. The summed E-state index contributed by atoms with van der Waals surface area (Å²) in [4.78, 5) is 93.6. The van der Waals surface area contributed by atoms with Gasteiger partial charge in [-0.15, -0.1) is 0 Å². The first-order valence-corrected chi connectivity index (χ1v) is 24.0. The van der Waals surface area contributed by atoms with Crippen LogP contribution in [-0.2, 0) is 25.6 Å². The molecule has 4 aromatic rings. The van der Waals surface area contributed by atoms with Gasteiger partial charge in [-0.1, -0.05) is 18.6 Å². The number of nitrogens with one attached hydrogen (secondary N) is 5. The topological polar surface area (TPSA) is 321 Å². The molecule has 11 N–H and O–H groups in total. The number of urea groups is 1. The predicted molar refractivity (Wildman–Crippen MR) is 266 cm³/mol. The highest BCUT2D eigenvalue weighted by atomic mass is 16.5. The summed E-state index contributed by atoms with van der Waals surface area (Å²) in [5, 5.41) is 22.3. The maximum absolute atomic E-state index is 15.0. The van der Waals surface area contributed by atoms with Crippen LogP contribution in [-0.4, -0.2) is 121 Å². The van der Waals surface area contributed by atoms with E-state index >= 15 is 0 Å². The predicted octanol–water partition coefficient (Wildman–Crippen LogP) is 2.36. The first kappa shape index (κ1) is 53.5. The van der Waals surface area contributed by atoms with Gasteiger partial charge in [0.1, 0.15) is 61.2 Å². The van der Waals surface area contributed by atoms with E-state index in [4.69, 9.17) is 31.4 Å². The smallest absolute Gasteiger partial charge is 0.312 e. The van der Waals surface area contributed by atoms with E-state index in [2.05, 4.69) is 36.6 Å². The van der Waals surface area contributed by atoms with Crippen molar-refractivity contribution in [2.24, 2.45) is 17.2 Å². The van der Waals surface area contributed by atoms with Crippen LogP contribution in [0.4, 0.5) is 4.79 Å². The number of fused-ring (bicyclic) bond motifs is 5. The molecule has 1 aromatic heterocycles. The molecule has 2 aliphatic rings. The lowest BCUT2D eigenvalue weighted by atomic mass is 9.93. The summed E-state index contributed by atoms with van der Waals surface area (Å²) in [5.74, 6) is -1.80. The number of hydrogen-bond acceptors (Lipinski definition) is 14. The van der Waals surface area contributed by atoms with E-state index in [0.717, 1.165) is 36.3 Å². The van der Waals surface area contributed by atoms with Crippen molar-refractivity contribution in [3.63, 3.8) is 0 Å². The molecule has 0 spiro atoms. The van der Waals surface area contributed by atoms with Crippen LogP contribution in [0, 0.1) is 25.2 Å². The Morgan fingerprint density at radius 3 is 2.12 bits per heavy atom. The van der Waals surface area contributed by atoms with Gasteiger partial charge in [0.2, 0.25) is 23.6 Å². The van der Waals surface area contributed by atoms with Crippen LogP contribution in [0.15, 0.2) is 60.7 Å². The molecule has 7 amide bonds. The molecule has 6 rings (SSSR count). The van der Waals surface area contributed by atoms with Gasteiger partial charge in [-0.05, 0) is 113 Å². The zero-order chi connectivity index (χ0) is 51.9. The van der Waals surface area contributed by atoms with Crippen LogP contribution < -0.4 is 58.0 Å². The first-order chi connectivity index (χ1) is 34.6. The highest BCUT2D eigenvalue weighted by Crippen LogP contribution is 2.40. The number of carbonyl (C=O) groups is 6. The van der Waals surface area contributed by atoms with Gasteiger partial charge in [-0.2, -0.15) is 5.26 Å². The Morgan fingerprint density at radius 1 is 0.861 bits per heavy atom. The molecule has 21 heteroatoms. The molecule has 4 atom stereocenters. The summed E-state index contributed by atoms with van der Waals surface area (Å²) in [6.45, 7) is 4.82. The second-order valence-corrected chi connectivity index (χ2v) is 17.7. The summed E-state index contributed by atoms with van der Waals surface area (Å²) < 4.78 is 18.4. The third kappa shape index (κ3) is 13.7. The minimum absolute atomic E-state index is 0.0244. The van der Waals surface area contributed by atoms with Crippen LogP contribution in [0.3, 0.4) is 0 Å². The largest absolute Gasteiger partial charge is 0.492 e. The van der Waals surface area contributed by atoms with E-state index < -0.39 is 59.7 Å². The van der Waals surface area contributed by atoms with Crippen molar-refractivity contribution >= 4 is 35.6 Å². The molecule has 0 saturated heterocycles. The molecule has 382 valence electrons. The number of nitrogens with zero attached hydrogens (tertiary/aromatic N) is 4. The van der Waals surface area contributed by atoms with E-state index in [1.807, 2.05) is 30.3 Å². The molecule has 1 fully saturated rings. The zero-order valence-electron chi connectivity index (χ0n) is 41.0. The van der Waals surface area contributed by atoms with Crippen molar-refractivity contribution in [3.05, 3.63) is 88.7 Å². The minimum atomic E-state index is -1.49. The molecule has 72 heavy (non-hydrogen) atoms. The maximum Gasteiger partial charge on any atom is 0.312 e. The number of aryl methyl sites for hydroxylation is 2. The molecule has 21 nitrogen and oxygen atoms in total. The highest BCUT2D eigenvalue weighted by molar-refractivity contribution is 6.00. The number of benzene rings is 3. The van der Waals surface area contributed by atoms with Gasteiger partial charge in [0.25, 0.3) is 5.91 Å². The molecule has 2 heterocycles. The lowest BCUT2D eigenvalue weighted by Gasteiger charge is -2.33. The quantitative estimate of drug-likeness (QED) is 0.0664. The number of aromatic nitrogens is 2. The van der Waals surface area contributed by atoms with Crippen molar-refractivity contribution in [1.29, 1.82) is 5.26 Å². The van der Waals surface area contributed by atoms with E-state index in [0.29, 0.717) is 51.0 Å². The SMILES string of the molecule is Cc1nc(-c2ccc(OC3CCCCC3)cc2)nc(C)c1C(=O)NC(CCNC(N)=O)C(=O)N(C)[C@@H]1C(=O)N[C@@H](C)C(=O)N[C@H](C(=O)NCC#N)Cc2ccc(OCCN)c(c2)-c2cc1ccc2OCCN. The van der Waals surface area contributed by atoms with Crippen molar-refractivity contribution in [3.8, 4) is 45.8 Å². The average molecular weight is 989 g/mol. The second kappa shape index (κ2) is 25.3. The number of rotatable bonds is 18.